The normalized spacial score (nSPS) is 18.9. The van der Waals surface area contributed by atoms with Gasteiger partial charge in [-0.15, -0.1) is 0 Å². The first kappa shape index (κ1) is 34.1. The average molecular weight is 736 g/mol. The Morgan fingerprint density at radius 1 is 0.938 bits per heavy atom. The number of benzene rings is 3. The fraction of sp³-hybridized carbons (Fsp3) is 0.273. The van der Waals surface area contributed by atoms with Gasteiger partial charge in [-0.1, -0.05) is 64.5 Å². The smallest absolute Gasteiger partial charge is 0.372 e. The number of halogens is 5. The molecule has 1 N–H and O–H groups in total. The molecule has 2 aliphatic rings. The van der Waals surface area contributed by atoms with Crippen LogP contribution in [0.1, 0.15) is 35.8 Å². The van der Waals surface area contributed by atoms with Crippen molar-refractivity contribution in [3.63, 3.8) is 0 Å². The van der Waals surface area contributed by atoms with E-state index in [1.165, 1.54) is 22.8 Å². The minimum atomic E-state index is -4.68. The first-order valence-electron chi connectivity index (χ1n) is 14.9. The third-order valence-electron chi connectivity index (χ3n) is 8.37. The molecule has 3 atom stereocenters. The Bertz CT molecular complexity index is 1980. The highest BCUT2D eigenvalue weighted by Gasteiger charge is 2.57. The summed E-state index contributed by atoms with van der Waals surface area (Å²) < 4.78 is 42.0. The van der Waals surface area contributed by atoms with Gasteiger partial charge < -0.3 is 10.2 Å². The Labute approximate surface area is 291 Å². The van der Waals surface area contributed by atoms with Gasteiger partial charge in [-0.2, -0.15) is 13.2 Å². The van der Waals surface area contributed by atoms with E-state index in [9.17, 15) is 32.3 Å². The second-order valence-electron chi connectivity index (χ2n) is 11.2. The fourth-order valence-electron chi connectivity index (χ4n) is 6.09. The maximum Gasteiger partial charge on any atom is 0.416 e. The van der Waals surface area contributed by atoms with Crippen molar-refractivity contribution in [1.82, 2.24) is 4.57 Å². The number of thiazole rings is 1. The number of aromatic nitrogens is 1. The number of thioether (sulfide) groups is 1. The summed E-state index contributed by atoms with van der Waals surface area (Å²) >= 11 is 13.9. The van der Waals surface area contributed by atoms with Crippen LogP contribution >= 0.6 is 46.3 Å². The third kappa shape index (κ3) is 6.24. The van der Waals surface area contributed by atoms with Gasteiger partial charge in [0.1, 0.15) is 11.8 Å². The number of fused-ring (bicyclic) bond motifs is 2. The number of nitrogens with one attached hydrogen (secondary N) is 1. The lowest BCUT2D eigenvalue weighted by Crippen LogP contribution is -2.33. The number of anilines is 3. The molecule has 1 aromatic heterocycles. The van der Waals surface area contributed by atoms with Gasteiger partial charge in [0.2, 0.25) is 17.7 Å². The molecule has 48 heavy (non-hydrogen) atoms. The van der Waals surface area contributed by atoms with Gasteiger partial charge in [0.15, 0.2) is 0 Å². The number of nitrogens with zero attached hydrogens (tertiary/aromatic N) is 3. The van der Waals surface area contributed by atoms with Gasteiger partial charge in [0, 0.05) is 35.3 Å². The molecule has 3 amide bonds. The molecule has 0 saturated carbocycles. The van der Waals surface area contributed by atoms with E-state index in [0.29, 0.717) is 26.2 Å². The second kappa shape index (κ2) is 13.3. The summed E-state index contributed by atoms with van der Waals surface area (Å²) in [4.78, 5) is 57.7. The molecule has 15 heteroatoms. The molecule has 0 spiro atoms. The summed E-state index contributed by atoms with van der Waals surface area (Å²) in [5.74, 6) is -3.69. The van der Waals surface area contributed by atoms with Crippen LogP contribution in [0.4, 0.5) is 30.2 Å². The molecule has 1 fully saturated rings. The predicted molar refractivity (Wildman–Crippen MR) is 183 cm³/mol. The number of carbonyl (C=O) groups excluding carboxylic acids is 3. The van der Waals surface area contributed by atoms with E-state index < -0.39 is 58.0 Å². The zero-order chi connectivity index (χ0) is 34.5. The molecule has 3 aromatic carbocycles. The van der Waals surface area contributed by atoms with Crippen molar-refractivity contribution in [3.8, 4) is 0 Å². The van der Waals surface area contributed by atoms with Gasteiger partial charge in [-0.25, -0.2) is 4.90 Å². The molecule has 1 saturated heterocycles. The van der Waals surface area contributed by atoms with Crippen LogP contribution in [0.15, 0.2) is 76.6 Å². The van der Waals surface area contributed by atoms with E-state index in [1.807, 2.05) is 38.1 Å². The van der Waals surface area contributed by atoms with Crippen molar-refractivity contribution in [2.75, 3.05) is 28.2 Å². The zero-order valence-electron chi connectivity index (χ0n) is 25.4. The van der Waals surface area contributed by atoms with E-state index in [0.717, 1.165) is 65.0 Å². The lowest BCUT2D eigenvalue weighted by atomic mass is 9.83. The number of rotatable bonds is 8. The lowest BCUT2D eigenvalue weighted by molar-refractivity contribution is -0.137. The summed E-state index contributed by atoms with van der Waals surface area (Å²) in [5.41, 5.74) is 0.775. The molecule has 2 aliphatic heterocycles. The first-order chi connectivity index (χ1) is 22.8. The molecular weight excluding hydrogens is 708 g/mol. The summed E-state index contributed by atoms with van der Waals surface area (Å²) in [6.07, 6.45) is -4.68. The van der Waals surface area contributed by atoms with Gasteiger partial charge >= 0.3 is 11.0 Å². The number of alkyl halides is 3. The number of hydrogen-bond donors (Lipinski definition) is 1. The average Bonchev–Trinajstić information content (AvgIpc) is 3.49. The van der Waals surface area contributed by atoms with Crippen LogP contribution in [0, 0.1) is 5.92 Å². The third-order valence-corrected chi connectivity index (χ3v) is 11.7. The van der Waals surface area contributed by atoms with Crippen molar-refractivity contribution >= 4 is 81.1 Å². The Kier molecular flexibility index (Phi) is 9.42. The molecule has 3 heterocycles. The van der Waals surface area contributed by atoms with E-state index >= 15 is 0 Å². The van der Waals surface area contributed by atoms with Crippen LogP contribution in [-0.4, -0.2) is 40.6 Å². The van der Waals surface area contributed by atoms with Crippen molar-refractivity contribution in [2.45, 2.75) is 42.8 Å². The molecule has 4 aromatic rings. The highest BCUT2D eigenvalue weighted by Crippen LogP contribution is 2.54. The molecule has 6 rings (SSSR count). The molecule has 0 bridgehead atoms. The van der Waals surface area contributed by atoms with Crippen molar-refractivity contribution in [2.24, 2.45) is 5.92 Å². The van der Waals surface area contributed by atoms with Gasteiger partial charge in [-0.05, 0) is 67.9 Å². The van der Waals surface area contributed by atoms with Gasteiger partial charge in [0.25, 0.3) is 0 Å². The Balaban J connectivity index is 1.41. The zero-order valence-corrected chi connectivity index (χ0v) is 28.5. The molecule has 0 radical (unpaired) electrons. The molecule has 0 aliphatic carbocycles. The largest absolute Gasteiger partial charge is 0.416 e. The highest BCUT2D eigenvalue weighted by molar-refractivity contribution is 8.00. The van der Waals surface area contributed by atoms with Crippen LogP contribution < -0.4 is 20.0 Å². The lowest BCUT2D eigenvalue weighted by Gasteiger charge is -2.31. The van der Waals surface area contributed by atoms with E-state index in [1.54, 1.807) is 6.07 Å². The van der Waals surface area contributed by atoms with E-state index in [4.69, 9.17) is 23.2 Å². The maximum absolute atomic E-state index is 14.1. The number of hydrogen-bond acceptors (Lipinski definition) is 7. The van der Waals surface area contributed by atoms with Crippen LogP contribution in [0.3, 0.4) is 0 Å². The first-order valence-corrected chi connectivity index (χ1v) is 17.3. The highest BCUT2D eigenvalue weighted by atomic mass is 35.5. The van der Waals surface area contributed by atoms with Gasteiger partial charge in [-0.3, -0.25) is 23.7 Å². The second-order valence-corrected chi connectivity index (χ2v) is 14.1. The monoisotopic (exact) mass is 734 g/mol. The van der Waals surface area contributed by atoms with E-state index in [2.05, 4.69) is 10.2 Å². The number of amides is 3. The molecule has 8 nitrogen and oxygen atoms in total. The van der Waals surface area contributed by atoms with Crippen molar-refractivity contribution in [1.29, 1.82) is 0 Å². The molecular formula is C33H27Cl2F3N4O4S2. The minimum absolute atomic E-state index is 0.188. The van der Waals surface area contributed by atoms with Crippen molar-refractivity contribution < 1.29 is 27.6 Å². The summed E-state index contributed by atoms with van der Waals surface area (Å²) in [6, 6.07) is 16.1. The van der Waals surface area contributed by atoms with Crippen LogP contribution in [-0.2, 0) is 27.1 Å². The maximum atomic E-state index is 14.1. The molecule has 0 unspecified atom stereocenters. The van der Waals surface area contributed by atoms with Crippen LogP contribution in [0.5, 0.6) is 0 Å². The SMILES string of the molecule is CCN(CC)c1ccc([C@@H]2c3sc(=O)n(CC(=O)Nc4ccc(Cl)c(Cl)c4)c3S[C@H]3C(=O)N(c4cccc(C(F)(F)F)c4)C(=O)[C@@H]23)cc1. The quantitative estimate of drug-likeness (QED) is 0.189. The molecule has 250 valence electrons. The summed E-state index contributed by atoms with van der Waals surface area (Å²) in [6.45, 7) is 5.17. The Morgan fingerprint density at radius 3 is 2.29 bits per heavy atom. The van der Waals surface area contributed by atoms with Crippen LogP contribution in [0.25, 0.3) is 0 Å². The Morgan fingerprint density at radius 2 is 1.65 bits per heavy atom. The van der Waals surface area contributed by atoms with Crippen molar-refractivity contribution in [3.05, 3.63) is 102 Å². The minimum Gasteiger partial charge on any atom is -0.372 e. The Hall–Kier alpha value is -3.78. The standard InChI is InChI=1S/C33H27Cl2F3N4O4S2/c1-3-40(4-2)20-11-8-17(9-12-20)25-26-27(30(45)42(29(26)44)21-7-5-6-18(14-21)33(36,37)38)47-31-28(25)48-32(46)41(31)16-24(43)39-19-10-13-22(34)23(35)15-19/h5-15,25-27H,3-4,16H2,1-2H3,(H,39,43)/t25-,26-,27+/m0/s1. The topological polar surface area (TPSA) is 91.7 Å². The van der Waals surface area contributed by atoms with Crippen LogP contribution in [0.2, 0.25) is 10.0 Å². The predicted octanol–water partition coefficient (Wildman–Crippen LogP) is 7.52. The number of imide groups is 1. The van der Waals surface area contributed by atoms with E-state index in [-0.39, 0.29) is 10.7 Å². The summed E-state index contributed by atoms with van der Waals surface area (Å²) in [7, 11) is 0. The number of carbonyl (C=O) groups is 3. The van der Waals surface area contributed by atoms with Gasteiger partial charge in [0.05, 0.1) is 32.2 Å². The summed E-state index contributed by atoms with van der Waals surface area (Å²) in [5, 5.41) is 2.50. The fourth-order valence-corrected chi connectivity index (χ4v) is 9.16.